The van der Waals surface area contributed by atoms with Gasteiger partial charge in [-0.25, -0.2) is 0 Å². The lowest BCUT2D eigenvalue weighted by Gasteiger charge is -2.32. The molecule has 1 aliphatic rings. The normalized spacial score (nSPS) is 14.5. The Hall–Kier alpha value is -2.85. The molecule has 5 heteroatoms. The van der Waals surface area contributed by atoms with Crippen LogP contribution >= 0.6 is 11.6 Å². The molecule has 0 unspecified atom stereocenters. The molecule has 0 saturated carbocycles. The summed E-state index contributed by atoms with van der Waals surface area (Å²) in [6.07, 6.45) is 6.06. The van der Waals surface area contributed by atoms with Crippen molar-refractivity contribution in [3.8, 4) is 11.1 Å². The van der Waals surface area contributed by atoms with E-state index in [0.29, 0.717) is 18.8 Å². The van der Waals surface area contributed by atoms with Gasteiger partial charge in [-0.2, -0.15) is 0 Å². The van der Waals surface area contributed by atoms with Crippen molar-refractivity contribution in [1.29, 1.82) is 0 Å². The molecule has 0 aliphatic carbocycles. The number of amides is 1. The average molecular weight is 435 g/mol. The van der Waals surface area contributed by atoms with Gasteiger partial charge in [-0.05, 0) is 72.1 Å². The number of carbonyl (C=O) groups is 1. The molecule has 3 aromatic rings. The van der Waals surface area contributed by atoms with Crippen molar-refractivity contribution >= 4 is 17.5 Å². The molecule has 1 aromatic heterocycles. The largest absolute Gasteiger partial charge is 0.343 e. The zero-order valence-electron chi connectivity index (χ0n) is 17.5. The van der Waals surface area contributed by atoms with Crippen molar-refractivity contribution in [3.63, 3.8) is 0 Å². The average Bonchev–Trinajstić information content (AvgIpc) is 2.80. The number of H-pyrrole nitrogens is 1. The predicted octanol–water partition coefficient (Wildman–Crippen LogP) is 5.11. The third-order valence-electron chi connectivity index (χ3n) is 6.13. The van der Waals surface area contributed by atoms with Gasteiger partial charge < -0.3 is 9.88 Å². The summed E-state index contributed by atoms with van der Waals surface area (Å²) in [5.74, 6) is 0.840. The minimum absolute atomic E-state index is 0.115. The molecule has 0 bridgehead atoms. The molecule has 2 aromatic carbocycles. The molecule has 31 heavy (non-hydrogen) atoms. The number of carbonyl (C=O) groups excluding carboxylic acids is 1. The molecule has 0 atom stereocenters. The van der Waals surface area contributed by atoms with Gasteiger partial charge in [0.2, 0.25) is 11.5 Å². The molecular formula is C26H27ClN2O2. The number of hydrogen-bond acceptors (Lipinski definition) is 2. The number of piperidine rings is 1. The van der Waals surface area contributed by atoms with E-state index in [9.17, 15) is 9.59 Å². The summed E-state index contributed by atoms with van der Waals surface area (Å²) < 4.78 is 0. The van der Waals surface area contributed by atoms with Crippen molar-refractivity contribution in [2.75, 3.05) is 13.1 Å². The molecule has 0 radical (unpaired) electrons. The van der Waals surface area contributed by atoms with Crippen LogP contribution in [0.5, 0.6) is 0 Å². The number of hydrogen-bond donors (Lipinski definition) is 1. The molecule has 1 saturated heterocycles. The minimum Gasteiger partial charge on any atom is -0.343 e. The Morgan fingerprint density at radius 2 is 1.74 bits per heavy atom. The van der Waals surface area contributed by atoms with E-state index in [1.165, 1.54) is 11.6 Å². The second-order valence-electron chi connectivity index (χ2n) is 8.25. The number of aryl methyl sites for hydroxylation is 1. The second kappa shape index (κ2) is 9.97. The third kappa shape index (κ3) is 5.65. The lowest BCUT2D eigenvalue weighted by molar-refractivity contribution is -0.132. The number of pyridine rings is 1. The molecule has 0 spiro atoms. The molecule has 1 aliphatic heterocycles. The van der Waals surface area contributed by atoms with Crippen LogP contribution in [0.15, 0.2) is 71.7 Å². The number of rotatable bonds is 6. The van der Waals surface area contributed by atoms with E-state index in [0.717, 1.165) is 54.1 Å². The summed E-state index contributed by atoms with van der Waals surface area (Å²) in [4.78, 5) is 28.9. The first-order chi connectivity index (χ1) is 15.1. The van der Waals surface area contributed by atoms with E-state index in [4.69, 9.17) is 11.6 Å². The predicted molar refractivity (Wildman–Crippen MR) is 125 cm³/mol. The van der Waals surface area contributed by atoms with Crippen molar-refractivity contribution in [1.82, 2.24) is 9.88 Å². The van der Waals surface area contributed by atoms with E-state index in [2.05, 4.69) is 23.2 Å². The maximum absolute atomic E-state index is 12.8. The molecule has 4 nitrogen and oxygen atoms in total. The van der Waals surface area contributed by atoms with Gasteiger partial charge in [0.1, 0.15) is 0 Å². The fourth-order valence-corrected chi connectivity index (χ4v) is 4.46. The maximum atomic E-state index is 12.8. The highest BCUT2D eigenvalue weighted by molar-refractivity contribution is 6.30. The van der Waals surface area contributed by atoms with E-state index < -0.39 is 0 Å². The number of aromatic amines is 1. The van der Waals surface area contributed by atoms with Gasteiger partial charge in [-0.3, -0.25) is 9.59 Å². The summed E-state index contributed by atoms with van der Waals surface area (Å²) in [5.41, 5.74) is 4.35. The first-order valence-electron chi connectivity index (χ1n) is 10.9. The van der Waals surface area contributed by atoms with Crippen LogP contribution in [0, 0.1) is 5.92 Å². The van der Waals surface area contributed by atoms with Crippen LogP contribution in [-0.4, -0.2) is 28.9 Å². The van der Waals surface area contributed by atoms with Crippen LogP contribution in [0.25, 0.3) is 11.1 Å². The Bertz CT molecular complexity index is 1060. The van der Waals surface area contributed by atoms with E-state index >= 15 is 0 Å². The molecule has 2 heterocycles. The molecule has 1 fully saturated rings. The number of likely N-dealkylation sites (tertiary alicyclic amines) is 1. The summed E-state index contributed by atoms with van der Waals surface area (Å²) in [6, 6.07) is 19.5. The summed E-state index contributed by atoms with van der Waals surface area (Å²) >= 11 is 5.97. The highest BCUT2D eigenvalue weighted by Crippen LogP contribution is 2.25. The summed E-state index contributed by atoms with van der Waals surface area (Å²) in [7, 11) is 0. The lowest BCUT2D eigenvalue weighted by atomic mass is 9.90. The van der Waals surface area contributed by atoms with E-state index in [1.54, 1.807) is 6.20 Å². The first kappa shape index (κ1) is 21.4. The van der Waals surface area contributed by atoms with Gasteiger partial charge in [-0.1, -0.05) is 48.0 Å². The summed E-state index contributed by atoms with van der Waals surface area (Å²) in [6.45, 7) is 1.66. The fraction of sp³-hybridized carbons (Fsp3) is 0.308. The van der Waals surface area contributed by atoms with Crippen molar-refractivity contribution in [2.24, 2.45) is 5.92 Å². The molecule has 160 valence electrons. The monoisotopic (exact) mass is 434 g/mol. The SMILES string of the molecule is O=C(CCc1ccccc1-c1ccc(=O)[nH]c1)N1CCC(Cc2ccc(Cl)cc2)CC1. The molecule has 1 amide bonds. The minimum atomic E-state index is -0.115. The van der Waals surface area contributed by atoms with Gasteiger partial charge in [0.25, 0.3) is 0 Å². The van der Waals surface area contributed by atoms with Gasteiger partial charge in [0.15, 0.2) is 0 Å². The third-order valence-corrected chi connectivity index (χ3v) is 6.38. The zero-order valence-corrected chi connectivity index (χ0v) is 18.3. The molecular weight excluding hydrogens is 408 g/mol. The van der Waals surface area contributed by atoms with Crippen molar-refractivity contribution < 1.29 is 4.79 Å². The number of nitrogens with one attached hydrogen (secondary N) is 1. The van der Waals surface area contributed by atoms with Gasteiger partial charge in [0, 0.05) is 36.8 Å². The highest BCUT2D eigenvalue weighted by Gasteiger charge is 2.23. The van der Waals surface area contributed by atoms with Gasteiger partial charge in [0.05, 0.1) is 0 Å². The number of halogens is 1. The number of benzene rings is 2. The Morgan fingerprint density at radius 3 is 2.45 bits per heavy atom. The van der Waals surface area contributed by atoms with Crippen molar-refractivity contribution in [3.05, 3.63) is 93.4 Å². The number of nitrogens with zero attached hydrogens (tertiary/aromatic N) is 1. The fourth-order valence-electron chi connectivity index (χ4n) is 4.34. The lowest BCUT2D eigenvalue weighted by Crippen LogP contribution is -2.39. The Morgan fingerprint density at radius 1 is 1.00 bits per heavy atom. The van der Waals surface area contributed by atoms with Crippen LogP contribution < -0.4 is 5.56 Å². The Kier molecular flexibility index (Phi) is 6.88. The topological polar surface area (TPSA) is 53.2 Å². The van der Waals surface area contributed by atoms with Crippen LogP contribution in [0.1, 0.15) is 30.4 Å². The standard InChI is InChI=1S/C26H27ClN2O2/c27-23-9-5-19(6-10-23)17-20-13-15-29(16-14-20)26(31)12-8-21-3-1-2-4-24(21)22-7-11-25(30)28-18-22/h1-7,9-11,18,20H,8,12-17H2,(H,28,30). The molecule has 1 N–H and O–H groups in total. The smallest absolute Gasteiger partial charge is 0.247 e. The van der Waals surface area contributed by atoms with Crippen LogP contribution in [0.2, 0.25) is 5.02 Å². The Balaban J connectivity index is 1.30. The molecule has 4 rings (SSSR count). The highest BCUT2D eigenvalue weighted by atomic mass is 35.5. The van der Waals surface area contributed by atoms with Crippen LogP contribution in [-0.2, 0) is 17.6 Å². The second-order valence-corrected chi connectivity index (χ2v) is 8.69. The maximum Gasteiger partial charge on any atom is 0.247 e. The van der Waals surface area contributed by atoms with E-state index in [1.807, 2.05) is 41.3 Å². The van der Waals surface area contributed by atoms with Crippen LogP contribution in [0.3, 0.4) is 0 Å². The Labute approximate surface area is 187 Å². The zero-order chi connectivity index (χ0) is 21.6. The van der Waals surface area contributed by atoms with Crippen LogP contribution in [0.4, 0.5) is 0 Å². The van der Waals surface area contributed by atoms with E-state index in [-0.39, 0.29) is 11.5 Å². The van der Waals surface area contributed by atoms with Gasteiger partial charge >= 0.3 is 0 Å². The first-order valence-corrected chi connectivity index (χ1v) is 11.3. The van der Waals surface area contributed by atoms with Crippen molar-refractivity contribution in [2.45, 2.75) is 32.1 Å². The quantitative estimate of drug-likeness (QED) is 0.586. The van der Waals surface area contributed by atoms with Gasteiger partial charge in [-0.15, -0.1) is 0 Å². The summed E-state index contributed by atoms with van der Waals surface area (Å²) in [5, 5.41) is 0.770. The number of aromatic nitrogens is 1.